The summed E-state index contributed by atoms with van der Waals surface area (Å²) in [5, 5.41) is 0. The van der Waals surface area contributed by atoms with Gasteiger partial charge < -0.3 is 4.48 Å². The minimum atomic E-state index is -5.42. The van der Waals surface area contributed by atoms with E-state index in [1.54, 1.807) is 0 Å². The molecule has 0 saturated carbocycles. The average molecular weight is 611 g/mol. The fraction of sp³-hybridized carbons (Fsp3) is 0.647. The molecule has 154 valence electrons. The number of quaternary nitrogens is 1. The second-order valence-corrected chi connectivity index (χ2v) is 71.4. The SMILES string of the molecule is CC1(C)[C@H]([Si](C)(C)C)CC[N@@+]1(C)Cc1ccccc1.[Cl][Sb-]([Cl])([Cl])([Cl])([Cl])[Cl]. The summed E-state index contributed by atoms with van der Waals surface area (Å²) < 4.78 is 1.20. The molecule has 0 bridgehead atoms. The molecule has 2 rings (SSSR count). The Hall–Kier alpha value is 1.96. The Kier molecular flexibility index (Phi) is 7.57. The molecule has 1 fully saturated rings. The first-order valence-corrected chi connectivity index (χ1v) is 31.5. The fourth-order valence-corrected chi connectivity index (χ4v) is 7.62. The van der Waals surface area contributed by atoms with Crippen LogP contribution < -0.4 is 0 Å². The molecular formula is C17H30Cl6NSbSi. The van der Waals surface area contributed by atoms with Crippen molar-refractivity contribution < 1.29 is 4.48 Å². The zero-order valence-corrected chi connectivity index (χ0v) is 24.3. The van der Waals surface area contributed by atoms with Gasteiger partial charge in [-0.1, -0.05) is 50.0 Å². The second-order valence-electron chi connectivity index (χ2n) is 9.08. The van der Waals surface area contributed by atoms with Crippen molar-refractivity contribution in [2.45, 2.75) is 57.5 Å². The number of likely N-dealkylation sites (tertiary alicyclic amines) is 1. The molecule has 26 heavy (non-hydrogen) atoms. The van der Waals surface area contributed by atoms with Gasteiger partial charge in [-0.15, -0.1) is 0 Å². The maximum absolute atomic E-state index is 5.42. The zero-order valence-electron chi connectivity index (χ0n) is 16.2. The van der Waals surface area contributed by atoms with E-state index in [0.29, 0.717) is 5.54 Å². The Bertz CT molecular complexity index is 612. The van der Waals surface area contributed by atoms with Crippen molar-refractivity contribution >= 4 is 70.2 Å². The summed E-state index contributed by atoms with van der Waals surface area (Å²) in [4.78, 5) is 0. The van der Waals surface area contributed by atoms with E-state index in [-0.39, 0.29) is 0 Å². The molecule has 1 aromatic rings. The van der Waals surface area contributed by atoms with E-state index < -0.39 is 17.2 Å². The van der Waals surface area contributed by atoms with Crippen LogP contribution in [0.15, 0.2) is 30.3 Å². The van der Waals surface area contributed by atoms with Gasteiger partial charge in [-0.25, -0.2) is 0 Å². The molecule has 0 aromatic heterocycles. The van der Waals surface area contributed by atoms with Gasteiger partial charge in [-0.2, -0.15) is 0 Å². The van der Waals surface area contributed by atoms with Crippen molar-refractivity contribution in [3.8, 4) is 0 Å². The van der Waals surface area contributed by atoms with Crippen molar-refractivity contribution in [1.29, 1.82) is 0 Å². The first-order valence-electron chi connectivity index (χ1n) is 8.57. The summed E-state index contributed by atoms with van der Waals surface area (Å²) in [5.41, 5.74) is 2.81. The third kappa shape index (κ3) is 9.18. The average Bonchev–Trinajstić information content (AvgIpc) is 2.57. The van der Waals surface area contributed by atoms with E-state index in [2.05, 4.69) is 70.9 Å². The molecule has 1 aliphatic rings. The van der Waals surface area contributed by atoms with Crippen LogP contribution in [0.3, 0.4) is 0 Å². The van der Waals surface area contributed by atoms with Gasteiger partial charge in [-0.3, -0.25) is 0 Å². The van der Waals surface area contributed by atoms with Crippen LogP contribution in [0.2, 0.25) is 25.2 Å². The van der Waals surface area contributed by atoms with Crippen molar-refractivity contribution in [2.75, 3.05) is 13.6 Å². The quantitative estimate of drug-likeness (QED) is 0.239. The van der Waals surface area contributed by atoms with E-state index in [0.717, 1.165) is 5.54 Å². The van der Waals surface area contributed by atoms with Gasteiger partial charge in [0, 0.05) is 17.5 Å². The van der Waals surface area contributed by atoms with Gasteiger partial charge in [0.05, 0.1) is 27.2 Å². The van der Waals surface area contributed by atoms with Crippen molar-refractivity contribution in [2.24, 2.45) is 0 Å². The molecule has 0 amide bonds. The van der Waals surface area contributed by atoms with Gasteiger partial charge in [0.15, 0.2) is 0 Å². The van der Waals surface area contributed by atoms with Gasteiger partial charge in [0.25, 0.3) is 0 Å². The summed E-state index contributed by atoms with van der Waals surface area (Å²) in [5.74, 6) is 0. The third-order valence-corrected chi connectivity index (χ3v) is 8.66. The fourth-order valence-electron chi connectivity index (χ4n) is 4.19. The Morgan fingerprint density at radius 1 is 1.00 bits per heavy atom. The molecule has 1 heterocycles. The van der Waals surface area contributed by atoms with Crippen molar-refractivity contribution in [3.63, 3.8) is 0 Å². The Balaban J connectivity index is 0.000000412. The predicted molar refractivity (Wildman–Crippen MR) is 128 cm³/mol. The molecule has 0 aliphatic carbocycles. The number of benzene rings is 1. The summed E-state index contributed by atoms with van der Waals surface area (Å²) in [6, 6.07) is 11.0. The molecule has 0 radical (unpaired) electrons. The van der Waals surface area contributed by atoms with Crippen LogP contribution >= 0.6 is 53.0 Å². The topological polar surface area (TPSA) is 0 Å². The van der Waals surface area contributed by atoms with Gasteiger partial charge in [-0.05, 0) is 13.8 Å². The van der Waals surface area contributed by atoms with Crippen LogP contribution in [0, 0.1) is 0 Å². The third-order valence-electron chi connectivity index (χ3n) is 5.58. The van der Waals surface area contributed by atoms with Crippen LogP contribution in [0.25, 0.3) is 0 Å². The monoisotopic (exact) mass is 607 g/mol. The molecule has 0 N–H and O–H groups in total. The summed E-state index contributed by atoms with van der Waals surface area (Å²) >= 11 is 0. The van der Waals surface area contributed by atoms with Crippen LogP contribution in [-0.4, -0.2) is 40.8 Å². The van der Waals surface area contributed by atoms with Crippen LogP contribution in [0.5, 0.6) is 0 Å². The van der Waals surface area contributed by atoms with E-state index in [4.69, 9.17) is 53.0 Å². The normalized spacial score (nSPS) is 28.5. The van der Waals surface area contributed by atoms with Gasteiger partial charge in [0.2, 0.25) is 0 Å². The van der Waals surface area contributed by atoms with E-state index in [1.807, 2.05) is 0 Å². The second kappa shape index (κ2) is 7.58. The molecule has 0 spiro atoms. The summed E-state index contributed by atoms with van der Waals surface area (Å²) in [7, 11) is 26.4. The Labute approximate surface area is 180 Å². The van der Waals surface area contributed by atoms with Crippen LogP contribution in [0.4, 0.5) is 0 Å². The predicted octanol–water partition coefficient (Wildman–Crippen LogP) is 8.28. The zero-order chi connectivity index (χ0) is 20.7. The molecule has 2 atom stereocenters. The number of halogens is 6. The first kappa shape index (κ1) is 26.0. The van der Waals surface area contributed by atoms with Gasteiger partial charge >= 0.3 is 62.1 Å². The maximum atomic E-state index is 5.06. The molecule has 1 aliphatic heterocycles. The Morgan fingerprint density at radius 2 is 1.42 bits per heavy atom. The van der Waals surface area contributed by atoms with Crippen molar-refractivity contribution in [3.05, 3.63) is 35.9 Å². The molecule has 1 nitrogen and oxygen atoms in total. The molecule has 1 aromatic carbocycles. The summed E-state index contributed by atoms with van der Waals surface area (Å²) in [6.45, 7) is 15.1. The number of hydrogen-bond donors (Lipinski definition) is 0. The number of rotatable bonds is 3. The molecular weight excluding hydrogens is 581 g/mol. The van der Waals surface area contributed by atoms with Gasteiger partial charge in [0.1, 0.15) is 6.54 Å². The number of nitrogens with zero attached hydrogens (tertiary/aromatic N) is 1. The van der Waals surface area contributed by atoms with E-state index in [1.165, 1.54) is 29.6 Å². The molecule has 0 unspecified atom stereocenters. The standard InChI is InChI=1S/C17H30NSi.6ClH.Sb/c1-17(2)16(19(4,5)6)12-13-18(17,3)14-15-10-8-7-9-11-15;;;;;;;/h7-11,16H,12-14H2,1-6H3;6*1H;/q+1;;;;;;;+5/p-6/t16-,18+;;;;;;;/m1......./s1. The molecule has 9 heteroatoms. The van der Waals surface area contributed by atoms with Crippen LogP contribution in [-0.2, 0) is 6.54 Å². The summed E-state index contributed by atoms with van der Waals surface area (Å²) in [6.07, 6.45) is 1.41. The van der Waals surface area contributed by atoms with E-state index >= 15 is 0 Å². The van der Waals surface area contributed by atoms with E-state index in [9.17, 15) is 0 Å². The first-order chi connectivity index (χ1) is 11.1. The van der Waals surface area contributed by atoms with Crippen LogP contribution in [0.1, 0.15) is 25.8 Å². The Morgan fingerprint density at radius 3 is 1.77 bits per heavy atom. The minimum absolute atomic E-state index is 0.403. The molecule has 1 saturated heterocycles. The van der Waals surface area contributed by atoms with Crippen molar-refractivity contribution in [1.82, 2.24) is 0 Å². The number of hydrogen-bond acceptors (Lipinski definition) is 0.